The van der Waals surface area contributed by atoms with Gasteiger partial charge in [0.1, 0.15) is 6.61 Å². The quantitative estimate of drug-likeness (QED) is 0.275. The van der Waals surface area contributed by atoms with E-state index in [1.807, 2.05) is 0 Å². The van der Waals surface area contributed by atoms with Gasteiger partial charge >= 0.3 is 5.97 Å². The third kappa shape index (κ3) is 3.45. The first kappa shape index (κ1) is 14.3. The highest BCUT2D eigenvalue weighted by Gasteiger charge is 2.11. The molecule has 0 spiro atoms. The van der Waals surface area contributed by atoms with Crippen molar-refractivity contribution >= 4 is 11.7 Å². The molecule has 1 aromatic carbocycles. The van der Waals surface area contributed by atoms with Gasteiger partial charge in [-0.3, -0.25) is 10.1 Å². The predicted octanol–water partition coefficient (Wildman–Crippen LogP) is 1.96. The van der Waals surface area contributed by atoms with Crippen LogP contribution in [0.15, 0.2) is 36.7 Å². The lowest BCUT2D eigenvalue weighted by atomic mass is 10.3. The van der Waals surface area contributed by atoms with E-state index in [1.165, 1.54) is 29.2 Å². The lowest BCUT2D eigenvalue weighted by Gasteiger charge is -2.00. The molecule has 1 heterocycles. The molecular weight excluding hydrogens is 274 g/mol. The molecule has 0 aliphatic carbocycles. The Morgan fingerprint density at radius 2 is 2.14 bits per heavy atom. The van der Waals surface area contributed by atoms with Crippen molar-refractivity contribution in [1.82, 2.24) is 9.78 Å². The number of nitro groups is 1. The number of ether oxygens (including phenoxy) is 1. The summed E-state index contributed by atoms with van der Waals surface area (Å²) in [5.41, 5.74) is 0.869. The number of aromatic nitrogens is 2. The van der Waals surface area contributed by atoms with Crippen molar-refractivity contribution in [3.63, 3.8) is 0 Å². The summed E-state index contributed by atoms with van der Waals surface area (Å²) in [7, 11) is 0. The number of nitro benzene ring substituents is 1. The van der Waals surface area contributed by atoms with Crippen LogP contribution in [0.5, 0.6) is 0 Å². The lowest BCUT2D eigenvalue weighted by Crippen LogP contribution is -2.05. The van der Waals surface area contributed by atoms with Crippen molar-refractivity contribution in [3.05, 3.63) is 52.3 Å². The minimum absolute atomic E-state index is 0.0141. The van der Waals surface area contributed by atoms with Crippen LogP contribution in [0.3, 0.4) is 0 Å². The highest BCUT2D eigenvalue weighted by molar-refractivity contribution is 5.88. The van der Waals surface area contributed by atoms with Crippen LogP contribution in [0, 0.1) is 22.5 Å². The minimum Gasteiger partial charge on any atom is -0.461 e. The maximum Gasteiger partial charge on any atom is 0.341 e. The van der Waals surface area contributed by atoms with Gasteiger partial charge in [-0.2, -0.15) is 5.10 Å². The van der Waals surface area contributed by atoms with E-state index >= 15 is 0 Å². The van der Waals surface area contributed by atoms with Gasteiger partial charge in [-0.25, -0.2) is 9.48 Å². The van der Waals surface area contributed by atoms with Crippen LogP contribution in [0.1, 0.15) is 16.8 Å². The smallest absolute Gasteiger partial charge is 0.341 e. The molecule has 2 aromatic rings. The summed E-state index contributed by atoms with van der Waals surface area (Å²) in [6, 6.07) is 5.81. The maximum atomic E-state index is 11.7. The zero-order valence-electron chi connectivity index (χ0n) is 10.9. The molecule has 0 radical (unpaired) electrons. The largest absolute Gasteiger partial charge is 0.461 e. The molecule has 0 atom stereocenters. The molecule has 0 N–H and O–H groups in total. The highest BCUT2D eigenvalue weighted by atomic mass is 16.6. The number of benzene rings is 1. The summed E-state index contributed by atoms with van der Waals surface area (Å²) in [6.45, 7) is 0.151. The minimum atomic E-state index is -0.515. The Labute approximate surface area is 120 Å². The summed E-state index contributed by atoms with van der Waals surface area (Å²) in [6.07, 6.45) is 8.26. The van der Waals surface area contributed by atoms with Crippen LogP contribution in [0.4, 0.5) is 5.69 Å². The SMILES string of the molecule is C#CCCOC(=O)c1cnn(-c2ccc([N+](=O)[O-])cc2)c1. The van der Waals surface area contributed by atoms with Gasteiger partial charge in [-0.15, -0.1) is 12.3 Å². The standard InChI is InChI=1S/C14H11N3O4/c1-2-3-8-21-14(18)11-9-15-16(10-11)12-4-6-13(7-5-12)17(19)20/h1,4-7,9-10H,3,8H2. The van der Waals surface area contributed by atoms with E-state index in [-0.39, 0.29) is 17.9 Å². The molecule has 7 nitrogen and oxygen atoms in total. The Hall–Kier alpha value is -3.14. The third-order valence-electron chi connectivity index (χ3n) is 2.62. The number of hydrogen-bond donors (Lipinski definition) is 0. The van der Waals surface area contributed by atoms with Gasteiger partial charge in [0.25, 0.3) is 5.69 Å². The van der Waals surface area contributed by atoms with E-state index < -0.39 is 10.9 Å². The Morgan fingerprint density at radius 3 is 2.76 bits per heavy atom. The molecule has 0 bridgehead atoms. The number of nitrogens with zero attached hydrogens (tertiary/aromatic N) is 3. The van der Waals surface area contributed by atoms with E-state index in [0.29, 0.717) is 12.1 Å². The number of carbonyl (C=O) groups excluding carboxylic acids is 1. The number of carbonyl (C=O) groups is 1. The molecule has 0 aliphatic heterocycles. The van der Waals surface area contributed by atoms with E-state index in [0.717, 1.165) is 0 Å². The van der Waals surface area contributed by atoms with Crippen LogP contribution in [0.25, 0.3) is 5.69 Å². The zero-order valence-corrected chi connectivity index (χ0v) is 10.9. The molecule has 21 heavy (non-hydrogen) atoms. The molecule has 1 aromatic heterocycles. The van der Waals surface area contributed by atoms with Gasteiger partial charge in [0.15, 0.2) is 0 Å². The normalized spacial score (nSPS) is 9.86. The summed E-state index contributed by atoms with van der Waals surface area (Å²) in [5, 5.41) is 14.6. The van der Waals surface area contributed by atoms with Crippen molar-refractivity contribution in [2.45, 2.75) is 6.42 Å². The zero-order chi connectivity index (χ0) is 15.2. The highest BCUT2D eigenvalue weighted by Crippen LogP contribution is 2.15. The fourth-order valence-corrected chi connectivity index (χ4v) is 1.58. The Morgan fingerprint density at radius 1 is 1.43 bits per heavy atom. The molecule has 0 saturated heterocycles. The monoisotopic (exact) mass is 285 g/mol. The molecule has 106 valence electrons. The molecule has 2 rings (SSSR count). The maximum absolute atomic E-state index is 11.7. The van der Waals surface area contributed by atoms with Crippen molar-refractivity contribution in [1.29, 1.82) is 0 Å². The topological polar surface area (TPSA) is 87.3 Å². The molecule has 0 unspecified atom stereocenters. The van der Waals surface area contributed by atoms with Crippen LogP contribution >= 0.6 is 0 Å². The van der Waals surface area contributed by atoms with Crippen molar-refractivity contribution in [2.75, 3.05) is 6.61 Å². The second-order valence-electron chi connectivity index (χ2n) is 4.04. The average Bonchev–Trinajstić information content (AvgIpc) is 2.97. The Bertz CT molecular complexity index is 698. The number of esters is 1. The Balaban J connectivity index is 2.10. The molecule has 0 amide bonds. The number of rotatable bonds is 5. The van der Waals surface area contributed by atoms with Gasteiger partial charge in [-0.05, 0) is 12.1 Å². The van der Waals surface area contributed by atoms with Crippen LogP contribution in [-0.4, -0.2) is 27.3 Å². The fraction of sp³-hybridized carbons (Fsp3) is 0.143. The predicted molar refractivity (Wildman–Crippen MR) is 74.0 cm³/mol. The first-order chi connectivity index (χ1) is 10.1. The number of non-ortho nitro benzene ring substituents is 1. The van der Waals surface area contributed by atoms with Crippen LogP contribution in [-0.2, 0) is 4.74 Å². The van der Waals surface area contributed by atoms with Gasteiger partial charge in [0.05, 0.1) is 22.4 Å². The lowest BCUT2D eigenvalue weighted by molar-refractivity contribution is -0.384. The van der Waals surface area contributed by atoms with Gasteiger partial charge < -0.3 is 4.74 Å². The summed E-state index contributed by atoms with van der Waals surface area (Å²) in [4.78, 5) is 21.8. The van der Waals surface area contributed by atoms with E-state index in [2.05, 4.69) is 11.0 Å². The van der Waals surface area contributed by atoms with Gasteiger partial charge in [0.2, 0.25) is 0 Å². The first-order valence-corrected chi connectivity index (χ1v) is 6.02. The second kappa shape index (κ2) is 6.34. The summed E-state index contributed by atoms with van der Waals surface area (Å²) < 4.78 is 6.38. The van der Waals surface area contributed by atoms with Crippen molar-refractivity contribution in [2.24, 2.45) is 0 Å². The van der Waals surface area contributed by atoms with Crippen molar-refractivity contribution < 1.29 is 14.5 Å². The number of hydrogen-bond acceptors (Lipinski definition) is 5. The van der Waals surface area contributed by atoms with Crippen LogP contribution < -0.4 is 0 Å². The Kier molecular flexibility index (Phi) is 4.31. The average molecular weight is 285 g/mol. The third-order valence-corrected chi connectivity index (χ3v) is 2.62. The van der Waals surface area contributed by atoms with Gasteiger partial charge in [-0.1, -0.05) is 0 Å². The molecular formula is C14H11N3O4. The fourth-order valence-electron chi connectivity index (χ4n) is 1.58. The van der Waals surface area contributed by atoms with E-state index in [1.54, 1.807) is 12.1 Å². The van der Waals surface area contributed by atoms with Crippen molar-refractivity contribution in [3.8, 4) is 18.0 Å². The summed E-state index contributed by atoms with van der Waals surface area (Å²) in [5.74, 6) is 1.85. The van der Waals surface area contributed by atoms with E-state index in [4.69, 9.17) is 11.2 Å². The number of terminal acetylenes is 1. The molecule has 0 fully saturated rings. The molecule has 0 saturated carbocycles. The first-order valence-electron chi connectivity index (χ1n) is 6.02. The van der Waals surface area contributed by atoms with Gasteiger partial charge in [0, 0.05) is 24.8 Å². The van der Waals surface area contributed by atoms with E-state index in [9.17, 15) is 14.9 Å². The summed E-state index contributed by atoms with van der Waals surface area (Å²) >= 11 is 0. The molecule has 0 aliphatic rings. The van der Waals surface area contributed by atoms with Crippen LogP contribution in [0.2, 0.25) is 0 Å². The molecule has 7 heteroatoms. The second-order valence-corrected chi connectivity index (χ2v) is 4.04.